The van der Waals surface area contributed by atoms with Crippen molar-refractivity contribution < 1.29 is 19.0 Å². The molecule has 4 nitrogen and oxygen atoms in total. The summed E-state index contributed by atoms with van der Waals surface area (Å²) in [4.78, 5) is 12.0. The molecule has 0 spiro atoms. The fraction of sp³-hybridized carbons (Fsp3) is 0.133. The SMILES string of the molecule is Cc1ccc(OC(=O)c2ccc3c(c2)OCO3)cc1. The Labute approximate surface area is 110 Å². The maximum atomic E-state index is 12.0. The van der Waals surface area contributed by atoms with Gasteiger partial charge in [-0.2, -0.15) is 0 Å². The normalized spacial score (nSPS) is 12.3. The van der Waals surface area contributed by atoms with E-state index in [0.717, 1.165) is 5.56 Å². The van der Waals surface area contributed by atoms with Gasteiger partial charge in [0.15, 0.2) is 11.5 Å². The molecule has 1 aliphatic rings. The number of carbonyl (C=O) groups is 1. The minimum absolute atomic E-state index is 0.186. The van der Waals surface area contributed by atoms with Crippen LogP contribution in [0.5, 0.6) is 17.2 Å². The van der Waals surface area contributed by atoms with Crippen molar-refractivity contribution in [2.24, 2.45) is 0 Å². The summed E-state index contributed by atoms with van der Waals surface area (Å²) >= 11 is 0. The van der Waals surface area contributed by atoms with Crippen LogP contribution in [0.25, 0.3) is 0 Å². The number of hydrogen-bond donors (Lipinski definition) is 0. The number of hydrogen-bond acceptors (Lipinski definition) is 4. The van der Waals surface area contributed by atoms with Crippen LogP contribution in [0.1, 0.15) is 15.9 Å². The number of esters is 1. The van der Waals surface area contributed by atoms with Gasteiger partial charge < -0.3 is 14.2 Å². The molecule has 2 aromatic rings. The third kappa shape index (κ3) is 2.38. The average molecular weight is 256 g/mol. The van der Waals surface area contributed by atoms with Gasteiger partial charge in [-0.1, -0.05) is 17.7 Å². The van der Waals surface area contributed by atoms with Crippen LogP contribution in [0.15, 0.2) is 42.5 Å². The van der Waals surface area contributed by atoms with Crippen LogP contribution in [0, 0.1) is 6.92 Å². The average Bonchev–Trinajstić information content (AvgIpc) is 2.88. The summed E-state index contributed by atoms with van der Waals surface area (Å²) in [6.45, 7) is 2.16. The Morgan fingerprint density at radius 1 is 1.05 bits per heavy atom. The van der Waals surface area contributed by atoms with Crippen LogP contribution in [0.4, 0.5) is 0 Å². The first-order chi connectivity index (χ1) is 9.22. The molecule has 0 atom stereocenters. The monoisotopic (exact) mass is 256 g/mol. The lowest BCUT2D eigenvalue weighted by Gasteiger charge is -2.05. The van der Waals surface area contributed by atoms with Crippen molar-refractivity contribution in [1.29, 1.82) is 0 Å². The Bertz CT molecular complexity index is 617. The van der Waals surface area contributed by atoms with Gasteiger partial charge in [-0.05, 0) is 37.3 Å². The number of benzene rings is 2. The zero-order valence-corrected chi connectivity index (χ0v) is 10.4. The maximum absolute atomic E-state index is 12.0. The molecule has 0 fully saturated rings. The fourth-order valence-corrected chi connectivity index (χ4v) is 1.80. The van der Waals surface area contributed by atoms with Gasteiger partial charge in [0.05, 0.1) is 5.56 Å². The summed E-state index contributed by atoms with van der Waals surface area (Å²) in [6.07, 6.45) is 0. The van der Waals surface area contributed by atoms with Crippen molar-refractivity contribution in [2.75, 3.05) is 6.79 Å². The minimum Gasteiger partial charge on any atom is -0.454 e. The summed E-state index contributed by atoms with van der Waals surface area (Å²) in [5.74, 6) is 1.32. The molecule has 0 amide bonds. The van der Waals surface area contributed by atoms with E-state index in [2.05, 4.69) is 0 Å². The molecule has 4 heteroatoms. The van der Waals surface area contributed by atoms with E-state index in [4.69, 9.17) is 14.2 Å². The molecule has 0 radical (unpaired) electrons. The first kappa shape index (κ1) is 11.6. The maximum Gasteiger partial charge on any atom is 0.343 e. The molecule has 96 valence electrons. The Morgan fingerprint density at radius 3 is 2.58 bits per heavy atom. The molecule has 0 aliphatic carbocycles. The topological polar surface area (TPSA) is 44.8 Å². The molecule has 3 rings (SSSR count). The Kier molecular flexibility index (Phi) is 2.83. The minimum atomic E-state index is -0.415. The van der Waals surface area contributed by atoms with Crippen molar-refractivity contribution in [1.82, 2.24) is 0 Å². The lowest BCUT2D eigenvalue weighted by atomic mass is 10.2. The largest absolute Gasteiger partial charge is 0.454 e. The van der Waals surface area contributed by atoms with E-state index in [0.29, 0.717) is 22.8 Å². The van der Waals surface area contributed by atoms with Crippen LogP contribution in [0.3, 0.4) is 0 Å². The zero-order valence-electron chi connectivity index (χ0n) is 10.4. The van der Waals surface area contributed by atoms with Crippen LogP contribution >= 0.6 is 0 Å². The van der Waals surface area contributed by atoms with Crippen LogP contribution in [-0.4, -0.2) is 12.8 Å². The molecule has 0 saturated heterocycles. The van der Waals surface area contributed by atoms with E-state index in [1.54, 1.807) is 30.3 Å². The molecule has 0 N–H and O–H groups in total. The lowest BCUT2D eigenvalue weighted by Crippen LogP contribution is -2.08. The van der Waals surface area contributed by atoms with Crippen molar-refractivity contribution in [3.8, 4) is 17.2 Å². The highest BCUT2D eigenvalue weighted by molar-refractivity contribution is 5.91. The summed E-state index contributed by atoms with van der Waals surface area (Å²) in [5.41, 5.74) is 1.55. The molecule has 1 heterocycles. The highest BCUT2D eigenvalue weighted by Crippen LogP contribution is 2.32. The van der Waals surface area contributed by atoms with E-state index in [-0.39, 0.29) is 6.79 Å². The van der Waals surface area contributed by atoms with Crippen LogP contribution in [0.2, 0.25) is 0 Å². The third-order valence-electron chi connectivity index (χ3n) is 2.84. The molecular weight excluding hydrogens is 244 g/mol. The molecule has 0 aromatic heterocycles. The van der Waals surface area contributed by atoms with E-state index in [1.807, 2.05) is 19.1 Å². The van der Waals surface area contributed by atoms with Gasteiger partial charge in [0.1, 0.15) is 5.75 Å². The summed E-state index contributed by atoms with van der Waals surface area (Å²) < 4.78 is 15.7. The van der Waals surface area contributed by atoms with Crippen molar-refractivity contribution in [2.45, 2.75) is 6.92 Å². The van der Waals surface area contributed by atoms with Crippen molar-refractivity contribution in [3.63, 3.8) is 0 Å². The van der Waals surface area contributed by atoms with Gasteiger partial charge in [-0.3, -0.25) is 0 Å². The standard InChI is InChI=1S/C15H12O4/c1-10-2-5-12(6-3-10)19-15(16)11-4-7-13-14(8-11)18-9-17-13/h2-8H,9H2,1H3. The lowest BCUT2D eigenvalue weighted by molar-refractivity contribution is 0.0734. The Balaban J connectivity index is 1.78. The first-order valence-corrected chi connectivity index (χ1v) is 5.91. The predicted molar refractivity (Wildman–Crippen MR) is 68.7 cm³/mol. The first-order valence-electron chi connectivity index (χ1n) is 5.91. The molecule has 2 aromatic carbocycles. The summed E-state index contributed by atoms with van der Waals surface area (Å²) in [7, 11) is 0. The zero-order chi connectivity index (χ0) is 13.2. The molecule has 0 bridgehead atoms. The van der Waals surface area contributed by atoms with Gasteiger partial charge >= 0.3 is 5.97 Å². The Morgan fingerprint density at radius 2 is 1.79 bits per heavy atom. The van der Waals surface area contributed by atoms with E-state index in [9.17, 15) is 4.79 Å². The highest BCUT2D eigenvalue weighted by Gasteiger charge is 2.17. The second-order valence-corrected chi connectivity index (χ2v) is 4.27. The van der Waals surface area contributed by atoms with Crippen molar-refractivity contribution >= 4 is 5.97 Å². The number of ether oxygens (including phenoxy) is 3. The van der Waals surface area contributed by atoms with Crippen LogP contribution in [-0.2, 0) is 0 Å². The van der Waals surface area contributed by atoms with Crippen LogP contribution < -0.4 is 14.2 Å². The smallest absolute Gasteiger partial charge is 0.343 e. The molecule has 19 heavy (non-hydrogen) atoms. The third-order valence-corrected chi connectivity index (χ3v) is 2.84. The number of rotatable bonds is 2. The number of aryl methyl sites for hydroxylation is 1. The van der Waals surface area contributed by atoms with E-state index >= 15 is 0 Å². The van der Waals surface area contributed by atoms with Gasteiger partial charge in [0, 0.05) is 0 Å². The quantitative estimate of drug-likeness (QED) is 0.612. The molecule has 0 saturated carbocycles. The second kappa shape index (κ2) is 4.65. The Hall–Kier alpha value is -2.49. The number of carbonyl (C=O) groups excluding carboxylic acids is 1. The summed E-state index contributed by atoms with van der Waals surface area (Å²) in [6, 6.07) is 12.3. The molecular formula is C15H12O4. The van der Waals surface area contributed by atoms with Crippen molar-refractivity contribution in [3.05, 3.63) is 53.6 Å². The summed E-state index contributed by atoms with van der Waals surface area (Å²) in [5, 5.41) is 0. The molecule has 1 aliphatic heterocycles. The van der Waals surface area contributed by atoms with Gasteiger partial charge in [-0.25, -0.2) is 4.79 Å². The van der Waals surface area contributed by atoms with E-state index in [1.165, 1.54) is 0 Å². The van der Waals surface area contributed by atoms with Gasteiger partial charge in [-0.15, -0.1) is 0 Å². The fourth-order valence-electron chi connectivity index (χ4n) is 1.80. The number of fused-ring (bicyclic) bond motifs is 1. The van der Waals surface area contributed by atoms with E-state index < -0.39 is 5.97 Å². The second-order valence-electron chi connectivity index (χ2n) is 4.27. The van der Waals surface area contributed by atoms with Gasteiger partial charge in [0.25, 0.3) is 0 Å². The van der Waals surface area contributed by atoms with Gasteiger partial charge in [0.2, 0.25) is 6.79 Å². The highest BCUT2D eigenvalue weighted by atomic mass is 16.7. The molecule has 0 unspecified atom stereocenters. The predicted octanol–water partition coefficient (Wildman–Crippen LogP) is 2.94.